The van der Waals surface area contributed by atoms with E-state index in [0.29, 0.717) is 11.8 Å². The zero-order valence-corrected chi connectivity index (χ0v) is 42.5. The third kappa shape index (κ3) is 6.78. The molecule has 75 heavy (non-hydrogen) atoms. The highest BCUT2D eigenvalue weighted by atomic mass is 32.1. The summed E-state index contributed by atoms with van der Waals surface area (Å²) in [6.45, 7) is 0. The number of thiophene rings is 1. The summed E-state index contributed by atoms with van der Waals surface area (Å²) in [5, 5.41) is 5.18. The molecule has 1 spiro atoms. The van der Waals surface area contributed by atoms with Crippen molar-refractivity contribution >= 4 is 87.6 Å². The molecule has 0 aliphatic heterocycles. The molecule has 4 heteroatoms. The van der Waals surface area contributed by atoms with E-state index < -0.39 is 0 Å². The van der Waals surface area contributed by atoms with Crippen molar-refractivity contribution in [3.05, 3.63) is 242 Å². The largest absolute Gasteiger partial charge is 0.456 e. The van der Waals surface area contributed by atoms with Gasteiger partial charge in [0.15, 0.2) is 0 Å². The Morgan fingerprint density at radius 1 is 0.347 bits per heavy atom. The Bertz CT molecular complexity index is 3920. The second kappa shape index (κ2) is 16.9. The summed E-state index contributed by atoms with van der Waals surface area (Å²) < 4.78 is 9.79. The standard InChI is InChI=1S/C71H54N2OS/c1-5-15-47(16-6-1)49-19-13-25-55(37-49)72(53-21-9-3-10-22-53)57-29-31-59-63-41-65-61(43-68(63)74-67(59)39-57)62-44-70-64(42-66(62)71(65)51-28-27-45-33-46(35-51)36-52(71)34-45)60-32-30-58(40-69(60)75-70)73(54-23-11-4-12-24-54)56-26-14-20-50(38-56)48-17-7-2-8-18-48/h1-26,29-32,37-46,51-52H,27-28,33-36H2. The summed E-state index contributed by atoms with van der Waals surface area (Å²) in [6, 6.07) is 85.3. The molecule has 0 radical (unpaired) electrons. The second-order valence-electron chi connectivity index (χ2n) is 22.0. The second-order valence-corrected chi connectivity index (χ2v) is 23.1. The molecule has 360 valence electrons. The number of hydrogen-bond donors (Lipinski definition) is 0. The van der Waals surface area contributed by atoms with Crippen LogP contribution in [0.25, 0.3) is 75.5 Å². The van der Waals surface area contributed by atoms with E-state index in [-0.39, 0.29) is 5.41 Å². The number of hydrogen-bond acceptors (Lipinski definition) is 4. The molecule has 17 rings (SSSR count). The van der Waals surface area contributed by atoms with Crippen molar-refractivity contribution in [2.45, 2.75) is 43.9 Å². The van der Waals surface area contributed by atoms with Crippen LogP contribution >= 0.6 is 11.3 Å². The van der Waals surface area contributed by atoms with Crippen LogP contribution in [-0.4, -0.2) is 0 Å². The number of anilines is 6. The van der Waals surface area contributed by atoms with Gasteiger partial charge in [-0.2, -0.15) is 0 Å². The summed E-state index contributed by atoms with van der Waals surface area (Å²) in [6.07, 6.45) is 8.14. The van der Waals surface area contributed by atoms with Crippen LogP contribution in [0.5, 0.6) is 0 Å². The van der Waals surface area contributed by atoms with E-state index in [4.69, 9.17) is 4.42 Å². The lowest BCUT2D eigenvalue weighted by atomic mass is 9.50. The lowest BCUT2D eigenvalue weighted by Crippen LogP contribution is -2.48. The highest BCUT2D eigenvalue weighted by Crippen LogP contribution is 2.69. The van der Waals surface area contributed by atoms with E-state index in [1.165, 1.54) is 109 Å². The van der Waals surface area contributed by atoms with Crippen LogP contribution in [0.4, 0.5) is 34.1 Å². The van der Waals surface area contributed by atoms with Gasteiger partial charge in [0, 0.05) is 76.6 Å². The summed E-state index contributed by atoms with van der Waals surface area (Å²) in [5.41, 5.74) is 19.4. The molecule has 0 saturated heterocycles. The Morgan fingerprint density at radius 3 is 1.49 bits per heavy atom. The van der Waals surface area contributed by atoms with E-state index in [1.807, 2.05) is 11.3 Å². The Balaban J connectivity index is 0.849. The summed E-state index contributed by atoms with van der Waals surface area (Å²) in [7, 11) is 0. The molecule has 12 aromatic rings. The molecule has 0 amide bonds. The minimum atomic E-state index is -0.0157. The number of furan rings is 1. The molecule has 5 aliphatic carbocycles. The Hall–Kier alpha value is -8.18. The molecular formula is C71H54N2OS. The van der Waals surface area contributed by atoms with Gasteiger partial charge in [-0.05, 0) is 197 Å². The van der Waals surface area contributed by atoms with Gasteiger partial charge in [-0.1, -0.05) is 134 Å². The first kappa shape index (κ1) is 43.2. The maximum Gasteiger partial charge on any atom is 0.137 e. The number of benzene rings is 10. The van der Waals surface area contributed by atoms with Gasteiger partial charge in [-0.25, -0.2) is 0 Å². The highest BCUT2D eigenvalue weighted by molar-refractivity contribution is 7.25. The van der Waals surface area contributed by atoms with Crippen LogP contribution in [0.15, 0.2) is 235 Å². The monoisotopic (exact) mass is 982 g/mol. The number of nitrogens with zero attached hydrogens (tertiary/aromatic N) is 2. The van der Waals surface area contributed by atoms with Crippen LogP contribution in [0.3, 0.4) is 0 Å². The fraction of sp³-hybridized carbons (Fsp3) is 0.155. The Labute approximate surface area is 442 Å². The molecule has 5 atom stereocenters. The van der Waals surface area contributed by atoms with Crippen molar-refractivity contribution in [1.29, 1.82) is 0 Å². The quantitative estimate of drug-likeness (QED) is 0.151. The molecule has 10 aromatic carbocycles. The molecule has 4 bridgehead atoms. The first-order chi connectivity index (χ1) is 37.1. The normalized spacial score (nSPS) is 20.3. The van der Waals surface area contributed by atoms with E-state index in [2.05, 4.69) is 240 Å². The van der Waals surface area contributed by atoms with E-state index >= 15 is 0 Å². The molecule has 4 fully saturated rings. The van der Waals surface area contributed by atoms with Crippen molar-refractivity contribution in [2.75, 3.05) is 9.80 Å². The topological polar surface area (TPSA) is 19.6 Å². The third-order valence-corrected chi connectivity index (χ3v) is 19.2. The van der Waals surface area contributed by atoms with Crippen LogP contribution in [0.2, 0.25) is 0 Å². The van der Waals surface area contributed by atoms with E-state index in [9.17, 15) is 0 Å². The molecule has 4 saturated carbocycles. The van der Waals surface area contributed by atoms with Gasteiger partial charge in [0.2, 0.25) is 0 Å². The molecule has 5 aliphatic rings. The smallest absolute Gasteiger partial charge is 0.137 e. The zero-order valence-electron chi connectivity index (χ0n) is 41.7. The molecular weight excluding hydrogens is 929 g/mol. The summed E-state index contributed by atoms with van der Waals surface area (Å²) in [5.74, 6) is 2.95. The van der Waals surface area contributed by atoms with Crippen LogP contribution < -0.4 is 9.80 Å². The average molecular weight is 983 g/mol. The number of rotatable bonds is 8. The maximum absolute atomic E-state index is 7.11. The first-order valence-corrected chi connectivity index (χ1v) is 28.0. The lowest BCUT2D eigenvalue weighted by molar-refractivity contribution is 0.0619. The zero-order chi connectivity index (χ0) is 49.2. The molecule has 0 N–H and O–H groups in total. The van der Waals surface area contributed by atoms with Gasteiger partial charge < -0.3 is 14.2 Å². The first-order valence-electron chi connectivity index (χ1n) is 27.1. The number of fused-ring (bicyclic) bond motifs is 10. The van der Waals surface area contributed by atoms with Gasteiger partial charge in [0.1, 0.15) is 11.2 Å². The van der Waals surface area contributed by atoms with Crippen molar-refractivity contribution in [2.24, 2.45) is 23.7 Å². The maximum atomic E-state index is 7.11. The molecule has 5 unspecified atom stereocenters. The van der Waals surface area contributed by atoms with E-state index in [0.717, 1.165) is 51.4 Å². The minimum Gasteiger partial charge on any atom is -0.456 e. The van der Waals surface area contributed by atoms with Crippen molar-refractivity contribution < 1.29 is 4.42 Å². The molecule has 2 heterocycles. The third-order valence-electron chi connectivity index (χ3n) is 18.1. The summed E-state index contributed by atoms with van der Waals surface area (Å²) >= 11 is 1.95. The van der Waals surface area contributed by atoms with Gasteiger partial charge >= 0.3 is 0 Å². The predicted octanol–water partition coefficient (Wildman–Crippen LogP) is 20.3. The van der Waals surface area contributed by atoms with Gasteiger partial charge in [0.05, 0.1) is 0 Å². The fourth-order valence-corrected chi connectivity index (χ4v) is 16.2. The Morgan fingerprint density at radius 2 is 0.840 bits per heavy atom. The van der Waals surface area contributed by atoms with Crippen molar-refractivity contribution in [1.82, 2.24) is 0 Å². The van der Waals surface area contributed by atoms with Crippen molar-refractivity contribution in [3.8, 4) is 33.4 Å². The molecule has 3 nitrogen and oxygen atoms in total. The van der Waals surface area contributed by atoms with Crippen LogP contribution in [-0.2, 0) is 5.41 Å². The molecule has 2 aromatic heterocycles. The van der Waals surface area contributed by atoms with Gasteiger partial charge in [-0.3, -0.25) is 0 Å². The lowest BCUT2D eigenvalue weighted by Gasteiger charge is -2.53. The van der Waals surface area contributed by atoms with Crippen LogP contribution in [0, 0.1) is 23.7 Å². The Kier molecular flexibility index (Phi) is 9.76. The van der Waals surface area contributed by atoms with Crippen LogP contribution in [0.1, 0.15) is 49.7 Å². The fourth-order valence-electron chi connectivity index (χ4n) is 15.1. The summed E-state index contributed by atoms with van der Waals surface area (Å²) in [4.78, 5) is 4.79. The number of para-hydroxylation sites is 2. The van der Waals surface area contributed by atoms with Gasteiger partial charge in [-0.15, -0.1) is 11.3 Å². The van der Waals surface area contributed by atoms with Crippen molar-refractivity contribution in [3.63, 3.8) is 0 Å². The SMILES string of the molecule is c1ccc(-c2cccc(N(c3ccccc3)c3ccc4c(c3)oc3cc5c(cc34)C3(c4cc6c(cc4-5)sc4cc(N(c5ccccc5)c5cccc(-c7ccccc7)c5)ccc46)C4CCC5CC(C4)CC3C5)c2)cc1. The average Bonchev–Trinajstić information content (AvgIpc) is 4.24. The van der Waals surface area contributed by atoms with E-state index in [1.54, 1.807) is 11.1 Å². The highest BCUT2D eigenvalue weighted by Gasteiger charge is 2.60. The van der Waals surface area contributed by atoms with Gasteiger partial charge in [0.25, 0.3) is 0 Å². The predicted molar refractivity (Wildman–Crippen MR) is 315 cm³/mol. The minimum absolute atomic E-state index is 0.0157.